The first-order valence-corrected chi connectivity index (χ1v) is 7.17. The van der Waals surface area contributed by atoms with Gasteiger partial charge in [-0.15, -0.1) is 24.1 Å². The fourth-order valence-corrected chi connectivity index (χ4v) is 2.87. The van der Waals surface area contributed by atoms with Crippen LogP contribution >= 0.6 is 11.8 Å². The van der Waals surface area contributed by atoms with E-state index in [4.69, 9.17) is 21.4 Å². The van der Waals surface area contributed by atoms with Crippen LogP contribution < -0.4 is 10.5 Å². The molecule has 1 aromatic heterocycles. The Bertz CT molecular complexity index is 650. The second-order valence-electron chi connectivity index (χ2n) is 4.37. The molecule has 2 atom stereocenters. The number of nitrogens with two attached hydrogens (primary N) is 1. The summed E-state index contributed by atoms with van der Waals surface area (Å²) in [6.07, 6.45) is 5.36. The predicted molar refractivity (Wildman–Crippen MR) is 75.2 cm³/mol. The molecule has 1 aliphatic rings. The first-order valence-electron chi connectivity index (χ1n) is 6.19. The molecule has 0 saturated carbocycles. The number of aromatic nitrogens is 2. The van der Waals surface area contributed by atoms with Crippen LogP contribution in [0.1, 0.15) is 30.3 Å². The topological polar surface area (TPSA) is 74.2 Å². The van der Waals surface area contributed by atoms with E-state index in [0.29, 0.717) is 18.1 Å². The summed E-state index contributed by atoms with van der Waals surface area (Å²) >= 11 is 1.71. The zero-order chi connectivity index (χ0) is 13.9. The lowest BCUT2D eigenvalue weighted by atomic mass is 10.2. The third-order valence-corrected chi connectivity index (χ3v) is 4.03. The van der Waals surface area contributed by atoms with Gasteiger partial charge in [0, 0.05) is 17.1 Å². The summed E-state index contributed by atoms with van der Waals surface area (Å²) in [5.74, 6) is 4.92. The Hall–Kier alpha value is -1.97. The van der Waals surface area contributed by atoms with Crippen LogP contribution in [-0.2, 0) is 0 Å². The molecule has 2 heterocycles. The molecule has 5 nitrogen and oxygen atoms in total. The van der Waals surface area contributed by atoms with E-state index in [0.717, 1.165) is 16.4 Å². The molecule has 0 aliphatic carbocycles. The Balaban J connectivity index is 1.77. The van der Waals surface area contributed by atoms with E-state index in [1.165, 1.54) is 0 Å². The third kappa shape index (κ3) is 2.50. The monoisotopic (exact) mass is 287 g/mol. The first kappa shape index (κ1) is 13.0. The Kier molecular flexibility index (Phi) is 3.63. The van der Waals surface area contributed by atoms with Gasteiger partial charge in [0.1, 0.15) is 5.75 Å². The lowest BCUT2D eigenvalue weighted by molar-refractivity contribution is 0.205. The van der Waals surface area contributed by atoms with E-state index in [9.17, 15) is 0 Å². The van der Waals surface area contributed by atoms with Gasteiger partial charge in [-0.3, -0.25) is 0 Å². The van der Waals surface area contributed by atoms with Crippen molar-refractivity contribution in [3.05, 3.63) is 36.0 Å². The lowest BCUT2D eigenvalue weighted by Crippen LogP contribution is -2.16. The molecule has 0 fully saturated rings. The van der Waals surface area contributed by atoms with E-state index in [1.54, 1.807) is 11.8 Å². The van der Waals surface area contributed by atoms with E-state index in [1.807, 2.05) is 24.3 Å². The van der Waals surface area contributed by atoms with Crippen LogP contribution in [0.5, 0.6) is 5.75 Å². The summed E-state index contributed by atoms with van der Waals surface area (Å²) in [5, 5.41) is 3.94. The molecule has 20 heavy (non-hydrogen) atoms. The van der Waals surface area contributed by atoms with Crippen molar-refractivity contribution in [1.82, 2.24) is 10.1 Å². The number of thioether (sulfide) groups is 1. The minimum atomic E-state index is -0.426. The molecule has 0 saturated heterocycles. The van der Waals surface area contributed by atoms with Crippen molar-refractivity contribution in [2.24, 2.45) is 5.73 Å². The van der Waals surface area contributed by atoms with Crippen LogP contribution in [0.4, 0.5) is 0 Å². The van der Waals surface area contributed by atoms with Gasteiger partial charge in [0.05, 0.1) is 6.04 Å². The number of para-hydroxylation sites is 1. The van der Waals surface area contributed by atoms with Crippen LogP contribution in [0.15, 0.2) is 33.7 Å². The average Bonchev–Trinajstić information content (AvgIpc) is 2.97. The fraction of sp³-hybridized carbons (Fsp3) is 0.286. The number of hydrogen-bond acceptors (Lipinski definition) is 6. The molecule has 102 valence electrons. The van der Waals surface area contributed by atoms with Crippen molar-refractivity contribution < 1.29 is 9.26 Å². The highest BCUT2D eigenvalue weighted by molar-refractivity contribution is 7.99. The van der Waals surface area contributed by atoms with Crippen molar-refractivity contribution in [3.63, 3.8) is 0 Å². The minimum absolute atomic E-state index is 0.231. The second kappa shape index (κ2) is 5.57. The van der Waals surface area contributed by atoms with Crippen LogP contribution in [0, 0.1) is 12.3 Å². The molecule has 2 N–H and O–H groups in total. The van der Waals surface area contributed by atoms with Crippen molar-refractivity contribution in [2.75, 3.05) is 5.75 Å². The molecule has 0 bridgehead atoms. The second-order valence-corrected chi connectivity index (χ2v) is 5.43. The van der Waals surface area contributed by atoms with Gasteiger partial charge < -0.3 is 15.0 Å². The highest BCUT2D eigenvalue weighted by Gasteiger charge is 2.27. The summed E-state index contributed by atoms with van der Waals surface area (Å²) < 4.78 is 11.0. The number of benzene rings is 1. The van der Waals surface area contributed by atoms with E-state index < -0.39 is 6.04 Å². The molecule has 1 aromatic carbocycles. The zero-order valence-electron chi connectivity index (χ0n) is 10.7. The highest BCUT2D eigenvalue weighted by Crippen LogP contribution is 2.39. The van der Waals surface area contributed by atoms with Gasteiger partial charge in [-0.2, -0.15) is 4.98 Å². The SMILES string of the molecule is C#CCC(N)c1nc(C2CSc3ccccc3O2)no1. The van der Waals surface area contributed by atoms with Crippen molar-refractivity contribution in [3.8, 4) is 18.1 Å². The quantitative estimate of drug-likeness (QED) is 0.873. The van der Waals surface area contributed by atoms with Gasteiger partial charge in [0.25, 0.3) is 0 Å². The van der Waals surface area contributed by atoms with Crippen LogP contribution in [0.3, 0.4) is 0 Å². The summed E-state index contributed by atoms with van der Waals surface area (Å²) in [6.45, 7) is 0. The Morgan fingerprint density at radius 1 is 1.50 bits per heavy atom. The van der Waals surface area contributed by atoms with E-state index in [-0.39, 0.29) is 6.10 Å². The standard InChI is InChI=1S/C14H13N3O2S/c1-2-5-9(15)14-16-13(17-19-14)11-8-20-12-7-4-3-6-10(12)18-11/h1,3-4,6-7,9,11H,5,8,15H2. The maximum atomic E-state index is 5.88. The number of terminal acetylenes is 1. The molecule has 2 unspecified atom stereocenters. The fourth-order valence-electron chi connectivity index (χ4n) is 1.89. The molecular formula is C14H13N3O2S. The van der Waals surface area contributed by atoms with Gasteiger partial charge in [-0.25, -0.2) is 0 Å². The molecule has 6 heteroatoms. The number of fused-ring (bicyclic) bond motifs is 1. The Morgan fingerprint density at radius 3 is 3.20 bits per heavy atom. The van der Waals surface area contributed by atoms with Crippen molar-refractivity contribution in [1.29, 1.82) is 0 Å². The Morgan fingerprint density at radius 2 is 2.35 bits per heavy atom. The number of hydrogen-bond donors (Lipinski definition) is 1. The summed E-state index contributed by atoms with van der Waals surface area (Å²) in [4.78, 5) is 5.41. The smallest absolute Gasteiger partial charge is 0.244 e. The molecule has 0 radical (unpaired) electrons. The maximum absolute atomic E-state index is 5.88. The molecule has 2 aromatic rings. The lowest BCUT2D eigenvalue weighted by Gasteiger charge is -2.22. The van der Waals surface area contributed by atoms with Crippen LogP contribution in [0.2, 0.25) is 0 Å². The number of ether oxygens (including phenoxy) is 1. The van der Waals surface area contributed by atoms with Crippen LogP contribution in [0.25, 0.3) is 0 Å². The molecule has 0 amide bonds. The Labute approximate surface area is 120 Å². The summed E-state index contributed by atoms with van der Waals surface area (Å²) in [7, 11) is 0. The minimum Gasteiger partial charge on any atom is -0.480 e. The van der Waals surface area contributed by atoms with Gasteiger partial charge in [-0.1, -0.05) is 17.3 Å². The largest absolute Gasteiger partial charge is 0.480 e. The van der Waals surface area contributed by atoms with Gasteiger partial charge in [0.15, 0.2) is 6.10 Å². The van der Waals surface area contributed by atoms with Crippen molar-refractivity contribution in [2.45, 2.75) is 23.5 Å². The highest BCUT2D eigenvalue weighted by atomic mass is 32.2. The number of rotatable bonds is 3. The molecule has 1 aliphatic heterocycles. The van der Waals surface area contributed by atoms with Crippen LogP contribution in [-0.4, -0.2) is 15.9 Å². The van der Waals surface area contributed by atoms with E-state index >= 15 is 0 Å². The summed E-state index contributed by atoms with van der Waals surface area (Å²) in [6, 6.07) is 7.46. The molecular weight excluding hydrogens is 274 g/mol. The molecule has 3 rings (SSSR count). The predicted octanol–water partition coefficient (Wildman–Crippen LogP) is 2.32. The van der Waals surface area contributed by atoms with E-state index in [2.05, 4.69) is 16.1 Å². The van der Waals surface area contributed by atoms with Gasteiger partial charge in [0.2, 0.25) is 11.7 Å². The molecule has 0 spiro atoms. The van der Waals surface area contributed by atoms with Crippen molar-refractivity contribution >= 4 is 11.8 Å². The third-order valence-electron chi connectivity index (χ3n) is 2.91. The first-order chi connectivity index (χ1) is 9.78. The average molecular weight is 287 g/mol. The van der Waals surface area contributed by atoms with Gasteiger partial charge in [-0.05, 0) is 12.1 Å². The normalized spacial score (nSPS) is 18.7. The number of nitrogens with zero attached hydrogens (tertiary/aromatic N) is 2. The summed E-state index contributed by atoms with van der Waals surface area (Å²) in [5.41, 5.74) is 5.84. The zero-order valence-corrected chi connectivity index (χ0v) is 11.5. The maximum Gasteiger partial charge on any atom is 0.244 e. The van der Waals surface area contributed by atoms with Gasteiger partial charge >= 0.3 is 0 Å².